The molecule has 3 aromatic heterocycles. The number of rotatable bonds is 5. The van der Waals surface area contributed by atoms with Gasteiger partial charge in [-0.25, -0.2) is 15.0 Å². The van der Waals surface area contributed by atoms with Gasteiger partial charge in [0.05, 0.1) is 25.5 Å². The fourth-order valence-electron chi connectivity index (χ4n) is 3.22. The molecule has 0 aromatic carbocycles. The van der Waals surface area contributed by atoms with Crippen LogP contribution in [0.5, 0.6) is 11.9 Å². The van der Waals surface area contributed by atoms with E-state index in [-0.39, 0.29) is 6.01 Å². The molecule has 4 rings (SSSR count). The third kappa shape index (κ3) is 3.57. The molecule has 4 heterocycles. The molecule has 0 spiro atoms. The average molecular weight is 383 g/mol. The number of thiophene rings is 1. The van der Waals surface area contributed by atoms with Crippen LogP contribution in [0.25, 0.3) is 22.4 Å². The molecule has 0 atom stereocenters. The van der Waals surface area contributed by atoms with Crippen LogP contribution in [-0.4, -0.2) is 47.2 Å². The minimum absolute atomic E-state index is 0.262. The Labute approximate surface area is 162 Å². The smallest absolute Gasteiger partial charge is 0.319 e. The highest BCUT2D eigenvalue weighted by Gasteiger charge is 2.21. The first-order valence-corrected chi connectivity index (χ1v) is 9.84. The van der Waals surface area contributed by atoms with E-state index >= 15 is 0 Å². The molecule has 0 aliphatic carbocycles. The minimum Gasteiger partial charge on any atom is -0.480 e. The topological polar surface area (TPSA) is 73.3 Å². The van der Waals surface area contributed by atoms with Crippen LogP contribution in [0.4, 0.5) is 5.95 Å². The summed E-state index contributed by atoms with van der Waals surface area (Å²) in [5, 5.41) is 4.12. The molecule has 3 aromatic rings. The van der Waals surface area contributed by atoms with Crippen molar-refractivity contribution in [2.24, 2.45) is 0 Å². The summed E-state index contributed by atoms with van der Waals surface area (Å²) in [7, 11) is 3.12. The van der Waals surface area contributed by atoms with Crippen molar-refractivity contribution in [1.29, 1.82) is 0 Å². The van der Waals surface area contributed by atoms with Crippen LogP contribution in [0, 0.1) is 0 Å². The molecular weight excluding hydrogens is 362 g/mol. The van der Waals surface area contributed by atoms with Crippen molar-refractivity contribution in [2.75, 3.05) is 32.2 Å². The molecule has 0 amide bonds. The molecule has 27 heavy (non-hydrogen) atoms. The Bertz CT molecular complexity index is 910. The van der Waals surface area contributed by atoms with E-state index in [9.17, 15) is 0 Å². The SMILES string of the molecule is COc1ncc(-c2nc(N3CCCCC3)ncc2-c2ccsc2)c(OC)n1. The number of methoxy groups -OCH3 is 2. The predicted molar refractivity (Wildman–Crippen MR) is 106 cm³/mol. The number of ether oxygens (including phenoxy) is 2. The zero-order valence-corrected chi connectivity index (χ0v) is 16.2. The number of anilines is 1. The molecular formula is C19H21N5O2S. The number of hydrogen-bond acceptors (Lipinski definition) is 8. The summed E-state index contributed by atoms with van der Waals surface area (Å²) in [4.78, 5) is 20.4. The standard InChI is InChI=1S/C19H21N5O2S/c1-25-17-15(11-21-19(23-17)26-2)16-14(13-6-9-27-12-13)10-20-18(22-16)24-7-4-3-5-8-24/h6,9-12H,3-5,7-8H2,1-2H3. The van der Waals surface area contributed by atoms with Crippen molar-refractivity contribution in [1.82, 2.24) is 19.9 Å². The summed E-state index contributed by atoms with van der Waals surface area (Å²) < 4.78 is 10.6. The summed E-state index contributed by atoms with van der Waals surface area (Å²) >= 11 is 1.64. The van der Waals surface area contributed by atoms with Gasteiger partial charge in [-0.2, -0.15) is 16.3 Å². The molecule has 8 heteroatoms. The van der Waals surface area contributed by atoms with E-state index in [1.807, 2.05) is 11.6 Å². The van der Waals surface area contributed by atoms with Gasteiger partial charge in [0.1, 0.15) is 0 Å². The fourth-order valence-corrected chi connectivity index (χ4v) is 3.88. The monoisotopic (exact) mass is 383 g/mol. The maximum absolute atomic E-state index is 5.50. The maximum atomic E-state index is 5.50. The van der Waals surface area contributed by atoms with Crippen molar-refractivity contribution in [3.63, 3.8) is 0 Å². The molecule has 1 saturated heterocycles. The van der Waals surface area contributed by atoms with Crippen LogP contribution in [0.2, 0.25) is 0 Å². The molecule has 1 fully saturated rings. The van der Waals surface area contributed by atoms with Gasteiger partial charge in [-0.1, -0.05) is 0 Å². The van der Waals surface area contributed by atoms with Crippen molar-refractivity contribution in [3.05, 3.63) is 29.2 Å². The minimum atomic E-state index is 0.262. The van der Waals surface area contributed by atoms with Gasteiger partial charge in [0, 0.05) is 31.0 Å². The Morgan fingerprint density at radius 2 is 1.78 bits per heavy atom. The first kappa shape index (κ1) is 17.7. The molecule has 0 N–H and O–H groups in total. The molecule has 0 bridgehead atoms. The maximum Gasteiger partial charge on any atom is 0.319 e. The third-order valence-corrected chi connectivity index (χ3v) is 5.29. The molecule has 140 valence electrons. The molecule has 0 radical (unpaired) electrons. The van der Waals surface area contributed by atoms with Crippen LogP contribution >= 0.6 is 11.3 Å². The van der Waals surface area contributed by atoms with Gasteiger partial charge in [-0.05, 0) is 41.7 Å². The fraction of sp³-hybridized carbons (Fsp3) is 0.368. The van der Waals surface area contributed by atoms with Crippen LogP contribution in [0.1, 0.15) is 19.3 Å². The molecule has 7 nitrogen and oxygen atoms in total. The summed E-state index contributed by atoms with van der Waals surface area (Å²) in [6.45, 7) is 1.96. The number of nitrogens with zero attached hydrogens (tertiary/aromatic N) is 5. The van der Waals surface area contributed by atoms with E-state index in [4.69, 9.17) is 14.5 Å². The Hall–Kier alpha value is -2.74. The van der Waals surface area contributed by atoms with Gasteiger partial charge >= 0.3 is 6.01 Å². The van der Waals surface area contributed by atoms with E-state index in [1.54, 1.807) is 24.6 Å². The zero-order chi connectivity index (χ0) is 18.6. The van der Waals surface area contributed by atoms with Crippen molar-refractivity contribution >= 4 is 17.3 Å². The third-order valence-electron chi connectivity index (χ3n) is 4.61. The van der Waals surface area contributed by atoms with Gasteiger partial charge in [-0.15, -0.1) is 0 Å². The molecule has 0 unspecified atom stereocenters. The van der Waals surface area contributed by atoms with Gasteiger partial charge in [-0.3, -0.25) is 0 Å². The Morgan fingerprint density at radius 1 is 0.963 bits per heavy atom. The van der Waals surface area contributed by atoms with Gasteiger partial charge in [0.15, 0.2) is 0 Å². The van der Waals surface area contributed by atoms with Gasteiger partial charge in [0.2, 0.25) is 11.8 Å². The second-order valence-corrected chi connectivity index (χ2v) is 7.05. The molecule has 1 aliphatic heterocycles. The van der Waals surface area contributed by atoms with Crippen molar-refractivity contribution < 1.29 is 9.47 Å². The number of piperidine rings is 1. The van der Waals surface area contributed by atoms with Crippen LogP contribution in [0.3, 0.4) is 0 Å². The van der Waals surface area contributed by atoms with Crippen molar-refractivity contribution in [2.45, 2.75) is 19.3 Å². The van der Waals surface area contributed by atoms with E-state index < -0.39 is 0 Å². The van der Waals surface area contributed by atoms with Crippen LogP contribution in [-0.2, 0) is 0 Å². The lowest BCUT2D eigenvalue weighted by molar-refractivity contribution is 0.353. The number of aromatic nitrogens is 4. The predicted octanol–water partition coefficient (Wildman–Crippen LogP) is 3.67. The first-order valence-electron chi connectivity index (χ1n) is 8.90. The highest BCUT2D eigenvalue weighted by molar-refractivity contribution is 7.08. The average Bonchev–Trinajstić information content (AvgIpc) is 3.28. The summed E-state index contributed by atoms with van der Waals surface area (Å²) in [6.07, 6.45) is 7.18. The Kier molecular flexibility index (Phi) is 5.15. The van der Waals surface area contributed by atoms with E-state index in [1.165, 1.54) is 26.4 Å². The molecule has 1 aliphatic rings. The summed E-state index contributed by atoms with van der Waals surface area (Å²) in [5.41, 5.74) is 3.49. The highest BCUT2D eigenvalue weighted by Crippen LogP contribution is 2.36. The van der Waals surface area contributed by atoms with E-state index in [2.05, 4.69) is 31.3 Å². The second kappa shape index (κ2) is 7.87. The zero-order valence-electron chi connectivity index (χ0n) is 15.4. The van der Waals surface area contributed by atoms with E-state index in [0.717, 1.165) is 41.4 Å². The lowest BCUT2D eigenvalue weighted by Crippen LogP contribution is -2.31. The van der Waals surface area contributed by atoms with Gasteiger partial charge in [0.25, 0.3) is 0 Å². The summed E-state index contributed by atoms with van der Waals surface area (Å²) in [6, 6.07) is 2.32. The van der Waals surface area contributed by atoms with Gasteiger partial charge < -0.3 is 14.4 Å². The second-order valence-electron chi connectivity index (χ2n) is 6.27. The van der Waals surface area contributed by atoms with Crippen LogP contribution < -0.4 is 14.4 Å². The Morgan fingerprint density at radius 3 is 2.48 bits per heavy atom. The lowest BCUT2D eigenvalue weighted by Gasteiger charge is -2.27. The Balaban J connectivity index is 1.85. The molecule has 0 saturated carbocycles. The van der Waals surface area contributed by atoms with Crippen LogP contribution in [0.15, 0.2) is 29.2 Å². The lowest BCUT2D eigenvalue weighted by atomic mass is 10.0. The quantitative estimate of drug-likeness (QED) is 0.665. The highest BCUT2D eigenvalue weighted by atomic mass is 32.1. The largest absolute Gasteiger partial charge is 0.480 e. The summed E-state index contributed by atoms with van der Waals surface area (Å²) in [5.74, 6) is 1.17. The van der Waals surface area contributed by atoms with Crippen molar-refractivity contribution in [3.8, 4) is 34.3 Å². The first-order chi connectivity index (χ1) is 13.3. The number of hydrogen-bond donors (Lipinski definition) is 0. The van der Waals surface area contributed by atoms with E-state index in [0.29, 0.717) is 5.88 Å². The normalized spacial score (nSPS) is 14.2.